The number of likely N-dealkylation sites (tertiary alicyclic amines) is 1. The van der Waals surface area contributed by atoms with Crippen molar-refractivity contribution in [1.82, 2.24) is 10.2 Å². The second-order valence-corrected chi connectivity index (χ2v) is 7.84. The van der Waals surface area contributed by atoms with Crippen molar-refractivity contribution in [3.8, 4) is 11.5 Å². The number of rotatable bonds is 8. The number of methoxy groups -OCH3 is 2. The minimum atomic E-state index is 0.112. The van der Waals surface area contributed by atoms with Gasteiger partial charge in [-0.1, -0.05) is 0 Å². The average molecular weight is 391 g/mol. The van der Waals surface area contributed by atoms with Gasteiger partial charge in [0.15, 0.2) is 0 Å². The van der Waals surface area contributed by atoms with Crippen LogP contribution in [0.3, 0.4) is 0 Å². The second kappa shape index (κ2) is 10.7. The van der Waals surface area contributed by atoms with Gasteiger partial charge in [-0.25, -0.2) is 0 Å². The summed E-state index contributed by atoms with van der Waals surface area (Å²) < 4.78 is 16.1. The molecule has 2 aliphatic heterocycles. The van der Waals surface area contributed by atoms with Crippen LogP contribution in [-0.4, -0.2) is 57.4 Å². The van der Waals surface area contributed by atoms with Gasteiger partial charge in [0.05, 0.1) is 14.2 Å². The Bertz CT molecular complexity index is 631. The minimum Gasteiger partial charge on any atom is -0.497 e. The predicted octanol–water partition coefficient (Wildman–Crippen LogP) is 2.99. The first-order chi connectivity index (χ1) is 13.7. The number of amides is 1. The Morgan fingerprint density at radius 3 is 2.79 bits per heavy atom. The van der Waals surface area contributed by atoms with E-state index in [0.29, 0.717) is 24.9 Å². The maximum Gasteiger partial charge on any atom is 0.220 e. The van der Waals surface area contributed by atoms with Crippen LogP contribution in [0.2, 0.25) is 0 Å². The van der Waals surface area contributed by atoms with Gasteiger partial charge in [0, 0.05) is 50.4 Å². The molecule has 28 heavy (non-hydrogen) atoms. The van der Waals surface area contributed by atoms with Crippen molar-refractivity contribution in [3.05, 3.63) is 23.8 Å². The third kappa shape index (κ3) is 5.85. The Labute approximate surface area is 168 Å². The molecule has 2 fully saturated rings. The molecule has 1 atom stereocenters. The van der Waals surface area contributed by atoms with E-state index in [1.807, 2.05) is 18.2 Å². The summed E-state index contributed by atoms with van der Waals surface area (Å²) in [4.78, 5) is 15.0. The molecule has 1 aromatic carbocycles. The van der Waals surface area contributed by atoms with Crippen LogP contribution in [0.1, 0.15) is 44.1 Å². The van der Waals surface area contributed by atoms with Crippen molar-refractivity contribution < 1.29 is 19.0 Å². The van der Waals surface area contributed by atoms with Crippen LogP contribution in [0.15, 0.2) is 18.2 Å². The summed E-state index contributed by atoms with van der Waals surface area (Å²) in [5.41, 5.74) is 0.958. The molecule has 0 spiro atoms. The van der Waals surface area contributed by atoms with Crippen LogP contribution in [0, 0.1) is 5.92 Å². The first-order valence-electron chi connectivity index (χ1n) is 10.5. The number of nitrogens with one attached hydrogen (secondary N) is 1. The number of piperidine rings is 1. The molecule has 1 unspecified atom stereocenters. The van der Waals surface area contributed by atoms with E-state index in [9.17, 15) is 4.79 Å². The van der Waals surface area contributed by atoms with Crippen molar-refractivity contribution in [2.24, 2.45) is 5.92 Å². The van der Waals surface area contributed by atoms with Crippen LogP contribution in [0.25, 0.3) is 0 Å². The molecule has 0 aromatic heterocycles. The smallest absolute Gasteiger partial charge is 0.220 e. The van der Waals surface area contributed by atoms with E-state index in [2.05, 4.69) is 10.2 Å². The van der Waals surface area contributed by atoms with E-state index < -0.39 is 0 Å². The molecule has 6 nitrogen and oxygen atoms in total. The van der Waals surface area contributed by atoms with Gasteiger partial charge in [-0.3, -0.25) is 9.69 Å². The van der Waals surface area contributed by atoms with Gasteiger partial charge in [0.2, 0.25) is 5.91 Å². The van der Waals surface area contributed by atoms with E-state index in [0.717, 1.165) is 56.1 Å². The Balaban J connectivity index is 1.41. The van der Waals surface area contributed by atoms with Crippen molar-refractivity contribution in [1.29, 1.82) is 0 Å². The molecule has 0 saturated carbocycles. The average Bonchev–Trinajstić information content (AvgIpc) is 2.77. The third-order valence-electron chi connectivity index (χ3n) is 6.01. The van der Waals surface area contributed by atoms with Crippen molar-refractivity contribution in [2.45, 2.75) is 51.1 Å². The van der Waals surface area contributed by atoms with E-state index in [1.165, 1.54) is 19.4 Å². The van der Waals surface area contributed by atoms with Crippen LogP contribution in [0.5, 0.6) is 11.5 Å². The van der Waals surface area contributed by atoms with Gasteiger partial charge < -0.3 is 19.5 Å². The first kappa shape index (κ1) is 20.9. The van der Waals surface area contributed by atoms with E-state index >= 15 is 0 Å². The van der Waals surface area contributed by atoms with Gasteiger partial charge in [0.25, 0.3) is 0 Å². The van der Waals surface area contributed by atoms with Gasteiger partial charge in [-0.2, -0.15) is 0 Å². The number of hydrogen-bond acceptors (Lipinski definition) is 5. The normalized spacial score (nSPS) is 21.3. The van der Waals surface area contributed by atoms with Crippen molar-refractivity contribution >= 4 is 5.91 Å². The standard InChI is InChI=1S/C22H34N2O4/c1-26-20-7-6-18(21(14-20)27-2)15-23-22(25)8-5-17-4-3-11-24(16-17)19-9-12-28-13-10-19/h6-7,14,17,19H,3-5,8-13,15-16H2,1-2H3,(H,23,25). The van der Waals surface area contributed by atoms with Crippen molar-refractivity contribution in [2.75, 3.05) is 40.5 Å². The van der Waals surface area contributed by atoms with Gasteiger partial charge >= 0.3 is 0 Å². The van der Waals surface area contributed by atoms with Crippen LogP contribution >= 0.6 is 0 Å². The quantitative estimate of drug-likeness (QED) is 0.739. The number of nitrogens with zero attached hydrogens (tertiary/aromatic N) is 1. The number of hydrogen-bond donors (Lipinski definition) is 1. The number of benzene rings is 1. The Hall–Kier alpha value is -1.79. The summed E-state index contributed by atoms with van der Waals surface area (Å²) in [7, 11) is 3.26. The number of carbonyl (C=O) groups excluding carboxylic acids is 1. The topological polar surface area (TPSA) is 60.0 Å². The van der Waals surface area contributed by atoms with Crippen molar-refractivity contribution in [3.63, 3.8) is 0 Å². The maximum atomic E-state index is 12.4. The fraction of sp³-hybridized carbons (Fsp3) is 0.682. The zero-order chi connectivity index (χ0) is 19.8. The Morgan fingerprint density at radius 2 is 2.04 bits per heavy atom. The molecule has 6 heteroatoms. The molecule has 3 rings (SSSR count). The monoisotopic (exact) mass is 390 g/mol. The zero-order valence-corrected chi connectivity index (χ0v) is 17.2. The molecule has 2 aliphatic rings. The highest BCUT2D eigenvalue weighted by molar-refractivity contribution is 5.75. The minimum absolute atomic E-state index is 0.112. The van der Waals surface area contributed by atoms with Crippen LogP contribution in [0.4, 0.5) is 0 Å². The number of ether oxygens (including phenoxy) is 3. The fourth-order valence-electron chi connectivity index (χ4n) is 4.33. The lowest BCUT2D eigenvalue weighted by molar-refractivity contribution is -0.121. The first-order valence-corrected chi connectivity index (χ1v) is 10.5. The van der Waals surface area contributed by atoms with Gasteiger partial charge in [-0.05, 0) is 56.7 Å². The molecular formula is C22H34N2O4. The highest BCUT2D eigenvalue weighted by Crippen LogP contribution is 2.26. The van der Waals surface area contributed by atoms with Gasteiger partial charge in [0.1, 0.15) is 11.5 Å². The molecule has 0 radical (unpaired) electrons. The molecule has 156 valence electrons. The van der Waals surface area contributed by atoms with Gasteiger partial charge in [-0.15, -0.1) is 0 Å². The second-order valence-electron chi connectivity index (χ2n) is 7.84. The predicted molar refractivity (Wildman–Crippen MR) is 109 cm³/mol. The highest BCUT2D eigenvalue weighted by atomic mass is 16.5. The lowest BCUT2D eigenvalue weighted by atomic mass is 9.91. The summed E-state index contributed by atoms with van der Waals surface area (Å²) in [6.07, 6.45) is 6.33. The number of carbonyl (C=O) groups is 1. The van der Waals surface area contributed by atoms with Crippen LogP contribution < -0.4 is 14.8 Å². The molecule has 1 N–H and O–H groups in total. The van der Waals surface area contributed by atoms with E-state index in [1.54, 1.807) is 14.2 Å². The lowest BCUT2D eigenvalue weighted by Crippen LogP contribution is -2.45. The van der Waals surface area contributed by atoms with E-state index in [4.69, 9.17) is 14.2 Å². The molecule has 2 heterocycles. The summed E-state index contributed by atoms with van der Waals surface area (Å²) in [6, 6.07) is 6.34. The summed E-state index contributed by atoms with van der Waals surface area (Å²) in [6.45, 7) is 4.59. The molecular weight excluding hydrogens is 356 g/mol. The third-order valence-corrected chi connectivity index (χ3v) is 6.01. The summed E-state index contributed by atoms with van der Waals surface area (Å²) in [5.74, 6) is 2.22. The van der Waals surface area contributed by atoms with Crippen LogP contribution in [-0.2, 0) is 16.1 Å². The fourth-order valence-corrected chi connectivity index (χ4v) is 4.33. The lowest BCUT2D eigenvalue weighted by Gasteiger charge is -2.40. The van der Waals surface area contributed by atoms with E-state index in [-0.39, 0.29) is 5.91 Å². The Morgan fingerprint density at radius 1 is 1.21 bits per heavy atom. The highest BCUT2D eigenvalue weighted by Gasteiger charge is 2.27. The molecule has 1 aromatic rings. The molecule has 2 saturated heterocycles. The molecule has 0 aliphatic carbocycles. The maximum absolute atomic E-state index is 12.4. The Kier molecular flexibility index (Phi) is 7.98. The molecule has 1 amide bonds. The summed E-state index contributed by atoms with van der Waals surface area (Å²) >= 11 is 0. The largest absolute Gasteiger partial charge is 0.497 e. The summed E-state index contributed by atoms with van der Waals surface area (Å²) in [5, 5.41) is 3.04. The zero-order valence-electron chi connectivity index (χ0n) is 17.2. The molecule has 0 bridgehead atoms. The SMILES string of the molecule is COc1ccc(CNC(=O)CCC2CCCN(C3CCOCC3)C2)c(OC)c1.